The van der Waals surface area contributed by atoms with Crippen LogP contribution in [0.1, 0.15) is 12.2 Å². The Balaban J connectivity index is 1.47. The van der Waals surface area contributed by atoms with Gasteiger partial charge in [0.2, 0.25) is 0 Å². The summed E-state index contributed by atoms with van der Waals surface area (Å²) in [7, 11) is 0. The number of esters is 1. The van der Waals surface area contributed by atoms with Crippen LogP contribution < -0.4 is 5.32 Å². The van der Waals surface area contributed by atoms with Crippen molar-refractivity contribution in [3.8, 4) is 10.8 Å². The van der Waals surface area contributed by atoms with Crippen molar-refractivity contribution in [2.45, 2.75) is 19.0 Å². The van der Waals surface area contributed by atoms with Crippen molar-refractivity contribution in [2.75, 3.05) is 6.61 Å². The maximum absolute atomic E-state index is 11.0. The molecular formula is C16H14N2O3S. The minimum absolute atomic E-state index is 0.0727. The lowest BCUT2D eigenvalue weighted by Gasteiger charge is -2.06. The molecule has 6 heteroatoms. The zero-order valence-electron chi connectivity index (χ0n) is 11.7. The Hall–Kier alpha value is -2.18. The molecule has 2 aromatic heterocycles. The Kier molecular flexibility index (Phi) is 3.40. The fourth-order valence-electron chi connectivity index (χ4n) is 2.45. The van der Waals surface area contributed by atoms with Crippen molar-refractivity contribution in [1.82, 2.24) is 10.3 Å². The minimum atomic E-state index is -0.146. The number of hydrogen-bond donors (Lipinski definition) is 1. The Morgan fingerprint density at radius 2 is 2.18 bits per heavy atom. The molecule has 1 fully saturated rings. The molecule has 1 aliphatic heterocycles. The minimum Gasteiger partial charge on any atom is -0.464 e. The predicted octanol–water partition coefficient (Wildman–Crippen LogP) is 2.96. The van der Waals surface area contributed by atoms with Gasteiger partial charge >= 0.3 is 5.97 Å². The molecule has 0 saturated carbocycles. The van der Waals surface area contributed by atoms with E-state index >= 15 is 0 Å². The van der Waals surface area contributed by atoms with Gasteiger partial charge in [0.15, 0.2) is 10.8 Å². The number of ether oxygens (including phenoxy) is 1. The number of cyclic esters (lactones) is 1. The molecule has 0 aliphatic carbocycles. The largest absolute Gasteiger partial charge is 0.464 e. The van der Waals surface area contributed by atoms with Crippen LogP contribution in [-0.4, -0.2) is 23.6 Å². The molecule has 3 heterocycles. The smallest absolute Gasteiger partial charge is 0.307 e. The molecule has 3 aromatic rings. The summed E-state index contributed by atoms with van der Waals surface area (Å²) in [5.74, 6) is 1.46. The van der Waals surface area contributed by atoms with Gasteiger partial charge in [-0.05, 0) is 24.3 Å². The normalized spacial score (nSPS) is 18.0. The van der Waals surface area contributed by atoms with E-state index in [1.54, 1.807) is 11.3 Å². The van der Waals surface area contributed by atoms with Crippen LogP contribution in [0.5, 0.6) is 0 Å². The van der Waals surface area contributed by atoms with E-state index in [0.717, 1.165) is 26.7 Å². The van der Waals surface area contributed by atoms with Gasteiger partial charge in [-0.1, -0.05) is 12.1 Å². The number of fused-ring (bicyclic) bond motifs is 1. The zero-order chi connectivity index (χ0) is 14.9. The molecular weight excluding hydrogens is 300 g/mol. The lowest BCUT2D eigenvalue weighted by molar-refractivity contribution is -0.137. The van der Waals surface area contributed by atoms with Crippen LogP contribution in [0.4, 0.5) is 0 Å². The van der Waals surface area contributed by atoms with E-state index in [-0.39, 0.29) is 12.0 Å². The van der Waals surface area contributed by atoms with E-state index in [4.69, 9.17) is 9.15 Å². The Morgan fingerprint density at radius 3 is 3.00 bits per heavy atom. The number of nitrogens with one attached hydrogen (secondary N) is 1. The van der Waals surface area contributed by atoms with E-state index in [1.807, 2.05) is 30.3 Å². The summed E-state index contributed by atoms with van der Waals surface area (Å²) in [6, 6.07) is 12.0. The summed E-state index contributed by atoms with van der Waals surface area (Å²) in [6.45, 7) is 1.01. The molecule has 0 spiro atoms. The summed E-state index contributed by atoms with van der Waals surface area (Å²) < 4.78 is 11.9. The fraction of sp³-hybridized carbons (Fsp3) is 0.250. The maximum Gasteiger partial charge on any atom is 0.307 e. The monoisotopic (exact) mass is 314 g/mol. The Bertz CT molecular complexity index is 791. The van der Waals surface area contributed by atoms with Crippen LogP contribution in [0, 0.1) is 0 Å². The SMILES string of the molecule is O=C1C[C@H](NCc2ccc(-c3nc4ccccc4s3)o2)CO1. The molecule has 112 valence electrons. The molecule has 1 saturated heterocycles. The average Bonchev–Trinajstić information content (AvgIpc) is 3.23. The zero-order valence-corrected chi connectivity index (χ0v) is 12.6. The summed E-state index contributed by atoms with van der Waals surface area (Å²) in [6.07, 6.45) is 0.422. The van der Waals surface area contributed by atoms with Crippen molar-refractivity contribution in [3.63, 3.8) is 0 Å². The quantitative estimate of drug-likeness (QED) is 0.750. The molecule has 5 nitrogen and oxygen atoms in total. The number of para-hydroxylation sites is 1. The number of aromatic nitrogens is 1. The van der Waals surface area contributed by atoms with E-state index in [2.05, 4.69) is 16.4 Å². The highest BCUT2D eigenvalue weighted by atomic mass is 32.1. The first-order valence-corrected chi connectivity index (χ1v) is 7.93. The molecule has 1 atom stereocenters. The molecule has 0 radical (unpaired) electrons. The number of thiazole rings is 1. The second-order valence-corrected chi connectivity index (χ2v) is 6.25. The van der Waals surface area contributed by atoms with E-state index in [1.165, 1.54) is 0 Å². The van der Waals surface area contributed by atoms with E-state index in [0.29, 0.717) is 19.6 Å². The second-order valence-electron chi connectivity index (χ2n) is 5.22. The maximum atomic E-state index is 11.0. The highest BCUT2D eigenvalue weighted by molar-refractivity contribution is 7.21. The van der Waals surface area contributed by atoms with Gasteiger partial charge in [-0.15, -0.1) is 11.3 Å². The lowest BCUT2D eigenvalue weighted by Crippen LogP contribution is -2.28. The molecule has 1 N–H and O–H groups in total. The molecule has 0 bridgehead atoms. The molecule has 4 rings (SSSR count). The first kappa shape index (κ1) is 13.5. The molecule has 0 unspecified atom stereocenters. The molecule has 0 amide bonds. The molecule has 1 aromatic carbocycles. The fourth-order valence-corrected chi connectivity index (χ4v) is 3.38. The number of carbonyl (C=O) groups is 1. The van der Waals surface area contributed by atoms with Gasteiger partial charge in [0.1, 0.15) is 12.4 Å². The molecule has 22 heavy (non-hydrogen) atoms. The van der Waals surface area contributed by atoms with Gasteiger partial charge in [-0.25, -0.2) is 4.98 Å². The van der Waals surface area contributed by atoms with Gasteiger partial charge in [0.05, 0.1) is 29.2 Å². The topological polar surface area (TPSA) is 64.4 Å². The van der Waals surface area contributed by atoms with Crippen molar-refractivity contribution in [3.05, 3.63) is 42.2 Å². The van der Waals surface area contributed by atoms with Crippen LogP contribution >= 0.6 is 11.3 Å². The first-order chi connectivity index (χ1) is 10.8. The summed E-state index contributed by atoms with van der Waals surface area (Å²) in [5, 5.41) is 4.14. The van der Waals surface area contributed by atoms with Crippen LogP contribution in [0.3, 0.4) is 0 Å². The van der Waals surface area contributed by atoms with Gasteiger partial charge in [-0.2, -0.15) is 0 Å². The van der Waals surface area contributed by atoms with Crippen LogP contribution in [-0.2, 0) is 16.1 Å². The highest BCUT2D eigenvalue weighted by Crippen LogP contribution is 2.31. The van der Waals surface area contributed by atoms with Crippen LogP contribution in [0.2, 0.25) is 0 Å². The third-order valence-electron chi connectivity index (χ3n) is 3.59. The highest BCUT2D eigenvalue weighted by Gasteiger charge is 2.23. The standard InChI is InChI=1S/C16H14N2O3S/c19-15-7-10(9-20-15)17-8-11-5-6-13(21-11)16-18-12-3-1-2-4-14(12)22-16/h1-6,10,17H,7-9H2/t10-/m0/s1. The van der Waals surface area contributed by atoms with Gasteiger partial charge < -0.3 is 14.5 Å². The number of benzene rings is 1. The summed E-state index contributed by atoms with van der Waals surface area (Å²) >= 11 is 1.62. The van der Waals surface area contributed by atoms with Gasteiger partial charge in [0.25, 0.3) is 0 Å². The number of furan rings is 1. The summed E-state index contributed by atoms with van der Waals surface area (Å²) in [5.41, 5.74) is 0.986. The summed E-state index contributed by atoms with van der Waals surface area (Å²) in [4.78, 5) is 15.6. The lowest BCUT2D eigenvalue weighted by atomic mass is 10.2. The number of hydrogen-bond acceptors (Lipinski definition) is 6. The predicted molar refractivity (Wildman–Crippen MR) is 83.5 cm³/mol. The third kappa shape index (κ3) is 2.63. The van der Waals surface area contributed by atoms with E-state index < -0.39 is 0 Å². The number of rotatable bonds is 4. The van der Waals surface area contributed by atoms with Crippen molar-refractivity contribution >= 4 is 27.5 Å². The first-order valence-electron chi connectivity index (χ1n) is 7.11. The molecule has 1 aliphatic rings. The Morgan fingerprint density at radius 1 is 1.27 bits per heavy atom. The van der Waals surface area contributed by atoms with Crippen molar-refractivity contribution < 1.29 is 13.9 Å². The average molecular weight is 314 g/mol. The Labute approximate surface area is 130 Å². The van der Waals surface area contributed by atoms with Crippen LogP contribution in [0.25, 0.3) is 21.0 Å². The van der Waals surface area contributed by atoms with E-state index in [9.17, 15) is 4.79 Å². The number of nitrogens with zero attached hydrogens (tertiary/aromatic N) is 1. The van der Waals surface area contributed by atoms with Gasteiger partial charge in [-0.3, -0.25) is 4.79 Å². The van der Waals surface area contributed by atoms with Gasteiger partial charge in [0, 0.05) is 0 Å². The number of carbonyl (C=O) groups excluding carboxylic acids is 1. The van der Waals surface area contributed by atoms with Crippen molar-refractivity contribution in [1.29, 1.82) is 0 Å². The second kappa shape index (κ2) is 5.55. The van der Waals surface area contributed by atoms with Crippen LogP contribution in [0.15, 0.2) is 40.8 Å². The third-order valence-corrected chi connectivity index (χ3v) is 4.64. The van der Waals surface area contributed by atoms with Crippen molar-refractivity contribution in [2.24, 2.45) is 0 Å².